The molecule has 9 heteroatoms. The van der Waals surface area contributed by atoms with Gasteiger partial charge in [0.25, 0.3) is 10.1 Å². The van der Waals surface area contributed by atoms with E-state index >= 15 is 0 Å². The predicted molar refractivity (Wildman–Crippen MR) is 160 cm³/mol. The van der Waals surface area contributed by atoms with Crippen LogP contribution < -0.4 is 4.89 Å². The van der Waals surface area contributed by atoms with Crippen molar-refractivity contribution in [3.05, 3.63) is 0 Å². The number of nitrogens with zero attached hydrogens (tertiary/aromatic N) is 1. The van der Waals surface area contributed by atoms with Gasteiger partial charge in [0, 0.05) is 20.4 Å². The zero-order chi connectivity index (χ0) is 28.8. The van der Waals surface area contributed by atoms with Gasteiger partial charge in [0.05, 0.1) is 40.6 Å². The van der Waals surface area contributed by atoms with E-state index in [2.05, 4.69) is 6.92 Å². The molecule has 0 heterocycles. The fraction of sp³-hybridized carbons (Fsp3) is 1.00. The minimum absolute atomic E-state index is 0.0628. The molecule has 0 spiro atoms. The standard InChI is InChI=1S/C29H62NO6PS/c1-6-7-8-9-10-11-12-13-14-15-16-17-18-19-20-21-25-35-28-29(36-38(5,33)34)23-27-37(31,32)26-22-24-30(2,3)4/h29H,6-28H2,1-5H3. The average Bonchev–Trinajstić information content (AvgIpc) is 2.80. The van der Waals surface area contributed by atoms with E-state index in [4.69, 9.17) is 8.92 Å². The molecule has 0 N–H and O–H groups in total. The topological polar surface area (TPSA) is 92.7 Å². The molecule has 0 saturated carbocycles. The monoisotopic (exact) mass is 583 g/mol. The molecule has 0 aromatic rings. The summed E-state index contributed by atoms with van der Waals surface area (Å²) in [6.07, 6.45) is 22.0. The molecule has 0 aliphatic carbocycles. The Bertz CT molecular complexity index is 696. The molecular weight excluding hydrogens is 521 g/mol. The normalized spacial score (nSPS) is 15.0. The Labute approximate surface area is 236 Å². The van der Waals surface area contributed by atoms with Crippen molar-refractivity contribution in [2.24, 2.45) is 0 Å². The lowest BCUT2D eigenvalue weighted by atomic mass is 10.0. The molecule has 2 unspecified atom stereocenters. The third-order valence-corrected chi connectivity index (χ3v) is 9.44. The Morgan fingerprint density at radius 3 is 1.61 bits per heavy atom. The third kappa shape index (κ3) is 29.0. The van der Waals surface area contributed by atoms with Crippen LogP contribution >= 0.6 is 7.37 Å². The first-order valence-corrected chi connectivity index (χ1v) is 19.2. The number of rotatable bonds is 28. The van der Waals surface area contributed by atoms with Crippen LogP contribution in [0.5, 0.6) is 0 Å². The van der Waals surface area contributed by atoms with Gasteiger partial charge in [-0.2, -0.15) is 8.42 Å². The molecule has 0 bridgehead atoms. The van der Waals surface area contributed by atoms with E-state index in [1.54, 1.807) is 0 Å². The first-order chi connectivity index (χ1) is 17.8. The molecule has 0 saturated heterocycles. The Morgan fingerprint density at radius 2 is 1.18 bits per heavy atom. The van der Waals surface area contributed by atoms with Crippen LogP contribution in [0.2, 0.25) is 0 Å². The summed E-state index contributed by atoms with van der Waals surface area (Å²) < 4.78 is 47.1. The maximum absolute atomic E-state index is 12.4. The van der Waals surface area contributed by atoms with Crippen molar-refractivity contribution < 1.29 is 31.3 Å². The zero-order valence-corrected chi connectivity index (χ0v) is 27.3. The Morgan fingerprint density at radius 1 is 0.737 bits per heavy atom. The van der Waals surface area contributed by atoms with Crippen molar-refractivity contribution >= 4 is 17.5 Å². The molecule has 0 aromatic heterocycles. The van der Waals surface area contributed by atoms with Crippen LogP contribution in [0, 0.1) is 0 Å². The summed E-state index contributed by atoms with van der Waals surface area (Å²) in [5.74, 6) is 0. The SMILES string of the molecule is CCCCCCCCCCCCCCCCCCOCC(CCP(=O)([O-])CCC[N+](C)(C)C)OS(C)(=O)=O. The second-order valence-electron chi connectivity index (χ2n) is 12.2. The Balaban J connectivity index is 3.83. The summed E-state index contributed by atoms with van der Waals surface area (Å²) in [4.78, 5) is 12.4. The van der Waals surface area contributed by atoms with Gasteiger partial charge in [-0.1, -0.05) is 103 Å². The van der Waals surface area contributed by atoms with Crippen LogP contribution in [0.3, 0.4) is 0 Å². The Kier molecular flexibility index (Phi) is 22.7. The van der Waals surface area contributed by atoms with Gasteiger partial charge in [0.2, 0.25) is 0 Å². The molecule has 2 atom stereocenters. The first kappa shape index (κ1) is 38.0. The Hall–Kier alpha value is 0.0200. The third-order valence-electron chi connectivity index (χ3n) is 6.88. The molecule has 0 aromatic carbocycles. The van der Waals surface area contributed by atoms with Crippen LogP contribution in [0.15, 0.2) is 0 Å². The van der Waals surface area contributed by atoms with E-state index in [1.807, 2.05) is 21.1 Å². The molecule has 0 amide bonds. The highest BCUT2D eigenvalue weighted by atomic mass is 32.2. The summed E-state index contributed by atoms with van der Waals surface area (Å²) >= 11 is 0. The lowest BCUT2D eigenvalue weighted by Crippen LogP contribution is -2.36. The van der Waals surface area contributed by atoms with Gasteiger partial charge in [0.15, 0.2) is 0 Å². The zero-order valence-electron chi connectivity index (χ0n) is 25.6. The highest BCUT2D eigenvalue weighted by Crippen LogP contribution is 2.37. The van der Waals surface area contributed by atoms with E-state index in [-0.39, 0.29) is 25.4 Å². The molecule has 0 radical (unpaired) electrons. The van der Waals surface area contributed by atoms with Crippen molar-refractivity contribution in [3.8, 4) is 0 Å². The van der Waals surface area contributed by atoms with E-state index in [0.717, 1.165) is 25.6 Å². The number of ether oxygens (including phenoxy) is 1. The van der Waals surface area contributed by atoms with Crippen molar-refractivity contribution in [2.75, 3.05) is 59.5 Å². The highest BCUT2D eigenvalue weighted by Gasteiger charge is 2.20. The van der Waals surface area contributed by atoms with Crippen molar-refractivity contribution in [3.63, 3.8) is 0 Å². The fourth-order valence-electron chi connectivity index (χ4n) is 4.61. The summed E-state index contributed by atoms with van der Waals surface area (Å²) in [5.41, 5.74) is 0. The van der Waals surface area contributed by atoms with Gasteiger partial charge < -0.3 is 18.7 Å². The van der Waals surface area contributed by atoms with Gasteiger partial charge in [-0.3, -0.25) is 4.18 Å². The minimum atomic E-state index is -3.68. The lowest BCUT2D eigenvalue weighted by Gasteiger charge is -2.28. The fourth-order valence-corrected chi connectivity index (χ4v) is 6.79. The van der Waals surface area contributed by atoms with E-state index in [9.17, 15) is 17.9 Å². The van der Waals surface area contributed by atoms with Crippen molar-refractivity contribution in [1.82, 2.24) is 0 Å². The van der Waals surface area contributed by atoms with Gasteiger partial charge in [-0.15, -0.1) is 0 Å². The summed E-state index contributed by atoms with van der Waals surface area (Å²) in [7, 11) is -1.15. The van der Waals surface area contributed by atoms with Gasteiger partial charge >= 0.3 is 0 Å². The predicted octanol–water partition coefficient (Wildman–Crippen LogP) is 6.73. The summed E-state index contributed by atoms with van der Waals surface area (Å²) in [6.45, 7) is 3.69. The van der Waals surface area contributed by atoms with Crippen LogP contribution in [0.25, 0.3) is 0 Å². The molecule has 0 rings (SSSR count). The number of quaternary nitrogens is 1. The van der Waals surface area contributed by atoms with Gasteiger partial charge in [-0.25, -0.2) is 0 Å². The van der Waals surface area contributed by atoms with Crippen LogP contribution in [-0.2, 0) is 23.6 Å². The number of hydrogen-bond acceptors (Lipinski definition) is 6. The maximum Gasteiger partial charge on any atom is 0.264 e. The van der Waals surface area contributed by atoms with Crippen LogP contribution in [0.4, 0.5) is 0 Å². The van der Waals surface area contributed by atoms with Gasteiger partial charge in [0.1, 0.15) is 6.10 Å². The van der Waals surface area contributed by atoms with Crippen LogP contribution in [0.1, 0.15) is 122 Å². The number of hydrogen-bond donors (Lipinski definition) is 0. The van der Waals surface area contributed by atoms with Crippen molar-refractivity contribution in [1.29, 1.82) is 0 Å². The molecule has 0 aliphatic rings. The average molecular weight is 584 g/mol. The molecule has 7 nitrogen and oxygen atoms in total. The van der Waals surface area contributed by atoms with Crippen LogP contribution in [-0.4, -0.2) is 78.5 Å². The summed E-state index contributed by atoms with van der Waals surface area (Å²) in [5, 5.41) is 0. The van der Waals surface area contributed by atoms with E-state index in [0.29, 0.717) is 17.5 Å². The van der Waals surface area contributed by atoms with E-state index < -0.39 is 23.6 Å². The number of unbranched alkanes of at least 4 members (excludes halogenated alkanes) is 15. The van der Waals surface area contributed by atoms with Gasteiger partial charge in [-0.05, 0) is 25.2 Å². The molecule has 0 aliphatic heterocycles. The molecule has 230 valence electrons. The smallest absolute Gasteiger partial charge is 0.264 e. The second-order valence-corrected chi connectivity index (χ2v) is 16.3. The second kappa shape index (κ2) is 22.7. The maximum atomic E-state index is 12.4. The molecule has 0 fully saturated rings. The van der Waals surface area contributed by atoms with E-state index in [1.165, 1.54) is 89.9 Å². The first-order valence-electron chi connectivity index (χ1n) is 15.4. The highest BCUT2D eigenvalue weighted by molar-refractivity contribution is 7.86. The molecule has 38 heavy (non-hydrogen) atoms. The quantitative estimate of drug-likeness (QED) is 0.0439. The lowest BCUT2D eigenvalue weighted by molar-refractivity contribution is -0.870. The minimum Gasteiger partial charge on any atom is -0.799 e. The summed E-state index contributed by atoms with van der Waals surface area (Å²) in [6, 6.07) is 0. The van der Waals surface area contributed by atoms with Crippen molar-refractivity contribution in [2.45, 2.75) is 129 Å². The largest absolute Gasteiger partial charge is 0.799 e. The molecular formula is C29H62NO6PS.